The molecule has 1 amide bonds. The number of rotatable bonds is 1. The highest BCUT2D eigenvalue weighted by molar-refractivity contribution is 6.04. The van der Waals surface area contributed by atoms with Crippen LogP contribution in [0, 0.1) is 0 Å². The van der Waals surface area contributed by atoms with Crippen LogP contribution in [-0.4, -0.2) is 34.3 Å². The first kappa shape index (κ1) is 11.0. The molecule has 6 heteroatoms. The fraction of sp³-hybridized carbons (Fsp3) is 0.333. The Balaban J connectivity index is 1.98. The zero-order chi connectivity index (χ0) is 12.5. The number of carbonyl (C=O) groups is 1. The Bertz CT molecular complexity index is 587. The number of amides is 1. The van der Waals surface area contributed by atoms with Crippen LogP contribution in [0.25, 0.3) is 10.9 Å². The second-order valence-corrected chi connectivity index (χ2v) is 4.32. The monoisotopic (exact) mass is 246 g/mol. The molecule has 1 fully saturated rings. The van der Waals surface area contributed by atoms with Gasteiger partial charge in [0.25, 0.3) is 5.91 Å². The number of hydrogen-bond acceptors (Lipinski definition) is 4. The summed E-state index contributed by atoms with van der Waals surface area (Å²) in [4.78, 5) is 17.6. The third kappa shape index (κ3) is 1.80. The zero-order valence-electron chi connectivity index (χ0n) is 9.85. The lowest BCUT2D eigenvalue weighted by molar-refractivity contribution is -0.144. The van der Waals surface area contributed by atoms with Crippen LogP contribution in [0.4, 0.5) is 5.69 Å². The minimum absolute atomic E-state index is 0.216. The van der Waals surface area contributed by atoms with Crippen molar-refractivity contribution in [1.82, 2.24) is 15.3 Å². The van der Waals surface area contributed by atoms with Crippen molar-refractivity contribution >= 4 is 22.5 Å². The van der Waals surface area contributed by atoms with Crippen molar-refractivity contribution in [1.29, 1.82) is 0 Å². The average molecular weight is 246 g/mol. The van der Waals surface area contributed by atoms with Crippen molar-refractivity contribution in [3.63, 3.8) is 0 Å². The number of nitrogen functional groups attached to an aromatic ring is 1. The van der Waals surface area contributed by atoms with Gasteiger partial charge in [0.15, 0.2) is 5.69 Å². The highest BCUT2D eigenvalue weighted by atomic mass is 16.7. The molecule has 1 aliphatic heterocycles. The molecule has 0 unspecified atom stereocenters. The summed E-state index contributed by atoms with van der Waals surface area (Å²) >= 11 is 0. The Kier molecular flexibility index (Phi) is 2.64. The van der Waals surface area contributed by atoms with Gasteiger partial charge in [-0.2, -0.15) is 5.10 Å². The summed E-state index contributed by atoms with van der Waals surface area (Å²) in [5, 5.41) is 8.99. The number of nitrogens with zero attached hydrogens (tertiary/aromatic N) is 2. The Morgan fingerprint density at radius 3 is 3.11 bits per heavy atom. The standard InChI is InChI=1S/C12H14N4O2/c13-8-3-4-10-9(7-8)11(15-14-10)12(17)16-5-1-2-6-18-16/h3-4,7H,1-2,5-6,13H2,(H,14,15). The molecule has 6 nitrogen and oxygen atoms in total. The minimum Gasteiger partial charge on any atom is -0.399 e. The topological polar surface area (TPSA) is 84.2 Å². The van der Waals surface area contributed by atoms with Crippen LogP contribution in [0.2, 0.25) is 0 Å². The summed E-state index contributed by atoms with van der Waals surface area (Å²) in [6.07, 6.45) is 1.94. The van der Waals surface area contributed by atoms with Gasteiger partial charge in [0.1, 0.15) is 0 Å². The van der Waals surface area contributed by atoms with E-state index in [1.165, 1.54) is 5.06 Å². The highest BCUT2D eigenvalue weighted by Gasteiger charge is 2.23. The van der Waals surface area contributed by atoms with E-state index in [2.05, 4.69) is 10.2 Å². The molecule has 1 aliphatic rings. The maximum absolute atomic E-state index is 12.3. The third-order valence-electron chi connectivity index (χ3n) is 3.02. The SMILES string of the molecule is Nc1ccc2[nH]nc(C(=O)N3CCCCO3)c2c1. The number of aromatic nitrogens is 2. The van der Waals surface area contributed by atoms with Gasteiger partial charge in [-0.3, -0.25) is 14.7 Å². The van der Waals surface area contributed by atoms with Crippen molar-refractivity contribution in [2.45, 2.75) is 12.8 Å². The second-order valence-electron chi connectivity index (χ2n) is 4.32. The number of nitrogens with one attached hydrogen (secondary N) is 1. The fourth-order valence-electron chi connectivity index (χ4n) is 2.07. The number of benzene rings is 1. The molecule has 3 rings (SSSR count). The van der Waals surface area contributed by atoms with E-state index in [1.54, 1.807) is 12.1 Å². The van der Waals surface area contributed by atoms with E-state index in [4.69, 9.17) is 10.6 Å². The van der Waals surface area contributed by atoms with Crippen molar-refractivity contribution < 1.29 is 9.63 Å². The number of carbonyl (C=O) groups excluding carboxylic acids is 1. The molecule has 18 heavy (non-hydrogen) atoms. The number of hydroxylamine groups is 2. The molecule has 0 atom stereocenters. The normalized spacial score (nSPS) is 16.1. The first-order valence-electron chi connectivity index (χ1n) is 5.94. The van der Waals surface area contributed by atoms with Crippen molar-refractivity contribution in [2.75, 3.05) is 18.9 Å². The third-order valence-corrected chi connectivity index (χ3v) is 3.02. The Morgan fingerprint density at radius 1 is 1.44 bits per heavy atom. The lowest BCUT2D eigenvalue weighted by Crippen LogP contribution is -2.36. The largest absolute Gasteiger partial charge is 0.399 e. The quantitative estimate of drug-likeness (QED) is 0.743. The van der Waals surface area contributed by atoms with Gasteiger partial charge in [-0.25, -0.2) is 5.06 Å². The van der Waals surface area contributed by atoms with E-state index in [0.29, 0.717) is 24.5 Å². The number of hydrogen-bond donors (Lipinski definition) is 2. The van der Waals surface area contributed by atoms with Gasteiger partial charge in [-0.05, 0) is 31.0 Å². The van der Waals surface area contributed by atoms with Gasteiger partial charge in [0, 0.05) is 17.6 Å². The van der Waals surface area contributed by atoms with Crippen LogP contribution in [0.15, 0.2) is 18.2 Å². The van der Waals surface area contributed by atoms with Gasteiger partial charge in [0.2, 0.25) is 0 Å². The molecule has 2 heterocycles. The average Bonchev–Trinajstić information content (AvgIpc) is 2.82. The molecular formula is C12H14N4O2. The second kappa shape index (κ2) is 4.30. The molecule has 0 saturated carbocycles. The maximum Gasteiger partial charge on any atom is 0.298 e. The van der Waals surface area contributed by atoms with Crippen molar-refractivity contribution in [2.24, 2.45) is 0 Å². The summed E-state index contributed by atoms with van der Waals surface area (Å²) < 4.78 is 0. The molecule has 0 aliphatic carbocycles. The summed E-state index contributed by atoms with van der Waals surface area (Å²) in [6.45, 7) is 1.19. The molecule has 1 aromatic carbocycles. The van der Waals surface area contributed by atoms with Gasteiger partial charge in [0.05, 0.1) is 12.1 Å². The first-order chi connectivity index (χ1) is 8.75. The predicted octanol–water partition coefficient (Wildman–Crippen LogP) is 1.31. The smallest absolute Gasteiger partial charge is 0.298 e. The fourth-order valence-corrected chi connectivity index (χ4v) is 2.07. The van der Waals surface area contributed by atoms with Gasteiger partial charge >= 0.3 is 0 Å². The lowest BCUT2D eigenvalue weighted by Gasteiger charge is -2.25. The van der Waals surface area contributed by atoms with Crippen LogP contribution in [-0.2, 0) is 4.84 Å². The molecule has 0 bridgehead atoms. The molecule has 0 radical (unpaired) electrons. The zero-order valence-corrected chi connectivity index (χ0v) is 9.85. The molecule has 0 spiro atoms. The molecule has 94 valence electrons. The Morgan fingerprint density at radius 2 is 2.33 bits per heavy atom. The summed E-state index contributed by atoms with van der Waals surface area (Å²) in [7, 11) is 0. The van der Waals surface area contributed by atoms with Crippen LogP contribution in [0.3, 0.4) is 0 Å². The number of aromatic amines is 1. The Hall–Kier alpha value is -2.08. The van der Waals surface area contributed by atoms with Crippen molar-refractivity contribution in [3.8, 4) is 0 Å². The molecule has 2 aromatic rings. The number of fused-ring (bicyclic) bond motifs is 1. The number of nitrogens with two attached hydrogens (primary N) is 1. The van der Waals surface area contributed by atoms with E-state index >= 15 is 0 Å². The molecule has 1 saturated heterocycles. The first-order valence-corrected chi connectivity index (χ1v) is 5.94. The van der Waals surface area contributed by atoms with Crippen LogP contribution >= 0.6 is 0 Å². The summed E-state index contributed by atoms with van der Waals surface area (Å²) in [5.74, 6) is -0.216. The molecule has 1 aromatic heterocycles. The maximum atomic E-state index is 12.3. The van der Waals surface area contributed by atoms with Crippen molar-refractivity contribution in [3.05, 3.63) is 23.9 Å². The van der Waals surface area contributed by atoms with Crippen LogP contribution in [0.1, 0.15) is 23.3 Å². The van der Waals surface area contributed by atoms with Gasteiger partial charge < -0.3 is 5.73 Å². The van der Waals surface area contributed by atoms with E-state index in [-0.39, 0.29) is 5.91 Å². The van der Waals surface area contributed by atoms with E-state index < -0.39 is 0 Å². The Labute approximate surface area is 104 Å². The summed E-state index contributed by atoms with van der Waals surface area (Å²) in [6, 6.07) is 5.33. The van der Waals surface area contributed by atoms with Gasteiger partial charge in [-0.15, -0.1) is 0 Å². The van der Waals surface area contributed by atoms with E-state index in [9.17, 15) is 4.79 Å². The van der Waals surface area contributed by atoms with E-state index in [1.807, 2.05) is 6.07 Å². The molecular weight excluding hydrogens is 232 g/mol. The number of H-pyrrole nitrogens is 1. The lowest BCUT2D eigenvalue weighted by atomic mass is 10.2. The van der Waals surface area contributed by atoms with Crippen LogP contribution < -0.4 is 5.73 Å². The van der Waals surface area contributed by atoms with E-state index in [0.717, 1.165) is 23.7 Å². The minimum atomic E-state index is -0.216. The summed E-state index contributed by atoms with van der Waals surface area (Å²) in [5.41, 5.74) is 7.50. The molecule has 3 N–H and O–H groups in total. The van der Waals surface area contributed by atoms with Crippen LogP contribution in [0.5, 0.6) is 0 Å². The van der Waals surface area contributed by atoms with Gasteiger partial charge in [-0.1, -0.05) is 0 Å². The highest BCUT2D eigenvalue weighted by Crippen LogP contribution is 2.21. The number of anilines is 1. The predicted molar refractivity (Wildman–Crippen MR) is 66.7 cm³/mol.